The molecule has 0 aliphatic carbocycles. The van der Waals surface area contributed by atoms with Gasteiger partial charge in [-0.3, -0.25) is 9.69 Å². The number of nitrogens with one attached hydrogen (secondary N) is 1. The molecule has 154 valence electrons. The van der Waals surface area contributed by atoms with E-state index in [9.17, 15) is 4.79 Å². The van der Waals surface area contributed by atoms with Gasteiger partial charge in [-0.1, -0.05) is 30.3 Å². The fraction of sp³-hybridized carbons (Fsp3) is 0.348. The summed E-state index contributed by atoms with van der Waals surface area (Å²) in [6.45, 7) is 3.68. The van der Waals surface area contributed by atoms with Gasteiger partial charge in [0.15, 0.2) is 0 Å². The number of methoxy groups -OCH3 is 2. The number of hydrogen-bond acceptors (Lipinski definition) is 5. The van der Waals surface area contributed by atoms with Crippen LogP contribution in [-0.4, -0.2) is 57.9 Å². The second-order valence-corrected chi connectivity index (χ2v) is 6.76. The van der Waals surface area contributed by atoms with Gasteiger partial charge < -0.3 is 19.5 Å². The largest absolute Gasteiger partial charge is 0.497 e. The van der Waals surface area contributed by atoms with Crippen LogP contribution in [0.4, 0.5) is 0 Å². The molecule has 6 heteroatoms. The first-order chi connectivity index (χ1) is 14.2. The Hall–Kier alpha value is -2.83. The van der Waals surface area contributed by atoms with Gasteiger partial charge in [0, 0.05) is 37.3 Å². The zero-order valence-electron chi connectivity index (χ0n) is 17.0. The molecule has 0 saturated carbocycles. The van der Waals surface area contributed by atoms with Gasteiger partial charge in [-0.05, 0) is 23.8 Å². The maximum atomic E-state index is 12.5. The highest BCUT2D eigenvalue weighted by molar-refractivity contribution is 5.92. The van der Waals surface area contributed by atoms with Crippen LogP contribution in [0.3, 0.4) is 0 Å². The van der Waals surface area contributed by atoms with Crippen LogP contribution in [0.1, 0.15) is 17.2 Å². The van der Waals surface area contributed by atoms with Crippen LogP contribution in [0.2, 0.25) is 0 Å². The summed E-state index contributed by atoms with van der Waals surface area (Å²) < 4.78 is 16.1. The Morgan fingerprint density at radius 3 is 2.59 bits per heavy atom. The average Bonchev–Trinajstić information content (AvgIpc) is 2.79. The third-order valence-electron chi connectivity index (χ3n) is 5.00. The van der Waals surface area contributed by atoms with Crippen molar-refractivity contribution in [2.24, 2.45) is 0 Å². The highest BCUT2D eigenvalue weighted by Gasteiger charge is 2.22. The summed E-state index contributed by atoms with van der Waals surface area (Å²) in [6, 6.07) is 15.9. The Kier molecular flexibility index (Phi) is 7.67. The number of carbonyl (C=O) groups is 1. The lowest BCUT2D eigenvalue weighted by molar-refractivity contribution is -0.116. The van der Waals surface area contributed by atoms with E-state index in [1.165, 1.54) is 11.6 Å². The predicted molar refractivity (Wildman–Crippen MR) is 113 cm³/mol. The van der Waals surface area contributed by atoms with Crippen molar-refractivity contribution in [2.45, 2.75) is 6.04 Å². The number of carbonyl (C=O) groups excluding carboxylic acids is 1. The molecule has 1 saturated heterocycles. The molecule has 0 spiro atoms. The van der Waals surface area contributed by atoms with E-state index in [0.717, 1.165) is 18.7 Å². The number of morpholine rings is 1. The lowest BCUT2D eigenvalue weighted by Crippen LogP contribution is -2.43. The van der Waals surface area contributed by atoms with Crippen LogP contribution in [0.15, 0.2) is 54.6 Å². The first-order valence-corrected chi connectivity index (χ1v) is 9.76. The zero-order valence-corrected chi connectivity index (χ0v) is 17.0. The third kappa shape index (κ3) is 5.82. The molecule has 1 atom stereocenters. The highest BCUT2D eigenvalue weighted by Crippen LogP contribution is 2.25. The SMILES string of the molecule is COc1ccc(/C=C/C(=O)NCC(c2ccccc2)N2CCOCC2)c(OC)c1. The van der Waals surface area contributed by atoms with Crippen LogP contribution in [0.5, 0.6) is 11.5 Å². The quantitative estimate of drug-likeness (QED) is 0.696. The lowest BCUT2D eigenvalue weighted by Gasteiger charge is -2.34. The molecule has 1 aliphatic rings. The molecule has 6 nitrogen and oxygen atoms in total. The summed E-state index contributed by atoms with van der Waals surface area (Å²) in [5.41, 5.74) is 2.01. The Morgan fingerprint density at radius 2 is 1.90 bits per heavy atom. The van der Waals surface area contributed by atoms with Crippen molar-refractivity contribution in [3.8, 4) is 11.5 Å². The van der Waals surface area contributed by atoms with Crippen LogP contribution in [-0.2, 0) is 9.53 Å². The van der Waals surface area contributed by atoms with E-state index in [4.69, 9.17) is 14.2 Å². The van der Waals surface area contributed by atoms with Crippen molar-refractivity contribution >= 4 is 12.0 Å². The molecular weight excluding hydrogens is 368 g/mol. The number of ether oxygens (including phenoxy) is 3. The second kappa shape index (κ2) is 10.6. The fourth-order valence-corrected chi connectivity index (χ4v) is 3.40. The molecule has 3 rings (SSSR count). The Morgan fingerprint density at radius 1 is 1.14 bits per heavy atom. The van der Waals surface area contributed by atoms with Crippen LogP contribution in [0.25, 0.3) is 6.08 Å². The fourth-order valence-electron chi connectivity index (χ4n) is 3.40. The summed E-state index contributed by atoms with van der Waals surface area (Å²) in [5.74, 6) is 1.22. The Bertz CT molecular complexity index is 817. The minimum absolute atomic E-state index is 0.118. The average molecular weight is 396 g/mol. The molecule has 1 aliphatic heterocycles. The van der Waals surface area contributed by atoms with E-state index in [1.54, 1.807) is 26.4 Å². The first-order valence-electron chi connectivity index (χ1n) is 9.76. The van der Waals surface area contributed by atoms with Crippen molar-refractivity contribution in [3.63, 3.8) is 0 Å². The topological polar surface area (TPSA) is 60.0 Å². The van der Waals surface area contributed by atoms with Crippen molar-refractivity contribution in [2.75, 3.05) is 47.1 Å². The zero-order chi connectivity index (χ0) is 20.5. The third-order valence-corrected chi connectivity index (χ3v) is 5.00. The molecular formula is C23H28N2O4. The number of hydrogen-bond donors (Lipinski definition) is 1. The minimum atomic E-state index is -0.142. The van der Waals surface area contributed by atoms with Crippen LogP contribution in [0, 0.1) is 0 Å². The van der Waals surface area contributed by atoms with Crippen molar-refractivity contribution in [3.05, 3.63) is 65.7 Å². The molecule has 0 aromatic heterocycles. The molecule has 1 heterocycles. The summed E-state index contributed by atoms with van der Waals surface area (Å²) in [5, 5.41) is 3.04. The van der Waals surface area contributed by atoms with E-state index in [2.05, 4.69) is 22.3 Å². The highest BCUT2D eigenvalue weighted by atomic mass is 16.5. The number of benzene rings is 2. The monoisotopic (exact) mass is 396 g/mol. The first kappa shape index (κ1) is 20.9. The molecule has 2 aromatic carbocycles. The van der Waals surface area contributed by atoms with Gasteiger partial charge in [0.2, 0.25) is 5.91 Å². The number of rotatable bonds is 8. The summed E-state index contributed by atoms with van der Waals surface area (Å²) in [4.78, 5) is 14.8. The minimum Gasteiger partial charge on any atom is -0.497 e. The second-order valence-electron chi connectivity index (χ2n) is 6.76. The summed E-state index contributed by atoms with van der Waals surface area (Å²) in [6.07, 6.45) is 3.28. The van der Waals surface area contributed by atoms with Gasteiger partial charge in [0.25, 0.3) is 0 Å². The molecule has 0 radical (unpaired) electrons. The maximum Gasteiger partial charge on any atom is 0.244 e. The van der Waals surface area contributed by atoms with E-state index < -0.39 is 0 Å². The standard InChI is InChI=1S/C23H28N2O4/c1-27-20-10-8-19(22(16-20)28-2)9-11-23(26)24-17-21(18-6-4-3-5-7-18)25-12-14-29-15-13-25/h3-11,16,21H,12-15,17H2,1-2H3,(H,24,26)/b11-9+. The van der Waals surface area contributed by atoms with Crippen molar-refractivity contribution in [1.29, 1.82) is 0 Å². The molecule has 2 aromatic rings. The van der Waals surface area contributed by atoms with Crippen molar-refractivity contribution < 1.29 is 19.0 Å². The summed E-state index contributed by atoms with van der Waals surface area (Å²) in [7, 11) is 3.20. The van der Waals surface area contributed by atoms with Crippen LogP contribution < -0.4 is 14.8 Å². The van der Waals surface area contributed by atoms with Crippen LogP contribution >= 0.6 is 0 Å². The molecule has 1 N–H and O–H groups in total. The smallest absolute Gasteiger partial charge is 0.244 e. The maximum absolute atomic E-state index is 12.5. The molecule has 0 bridgehead atoms. The van der Waals surface area contributed by atoms with E-state index in [-0.39, 0.29) is 11.9 Å². The Labute approximate surface area is 172 Å². The van der Waals surface area contributed by atoms with Gasteiger partial charge in [0.1, 0.15) is 11.5 Å². The normalized spacial score (nSPS) is 15.8. The van der Waals surface area contributed by atoms with Gasteiger partial charge in [-0.25, -0.2) is 0 Å². The molecule has 1 unspecified atom stereocenters. The summed E-state index contributed by atoms with van der Waals surface area (Å²) >= 11 is 0. The number of nitrogens with zero attached hydrogens (tertiary/aromatic N) is 1. The van der Waals surface area contributed by atoms with E-state index >= 15 is 0 Å². The Balaban J connectivity index is 1.65. The van der Waals surface area contributed by atoms with Gasteiger partial charge in [0.05, 0.1) is 33.5 Å². The predicted octanol–water partition coefficient (Wildman–Crippen LogP) is 2.91. The van der Waals surface area contributed by atoms with E-state index in [0.29, 0.717) is 31.3 Å². The van der Waals surface area contributed by atoms with Crippen molar-refractivity contribution in [1.82, 2.24) is 10.2 Å². The molecule has 1 fully saturated rings. The van der Waals surface area contributed by atoms with Gasteiger partial charge in [-0.15, -0.1) is 0 Å². The number of amides is 1. The van der Waals surface area contributed by atoms with Gasteiger partial charge in [-0.2, -0.15) is 0 Å². The lowest BCUT2D eigenvalue weighted by atomic mass is 10.0. The molecule has 1 amide bonds. The van der Waals surface area contributed by atoms with E-state index in [1.807, 2.05) is 30.3 Å². The molecule has 29 heavy (non-hydrogen) atoms. The van der Waals surface area contributed by atoms with Gasteiger partial charge >= 0.3 is 0 Å².